The second-order valence-electron chi connectivity index (χ2n) is 5.43. The Kier molecular flexibility index (Phi) is 6.28. The summed E-state index contributed by atoms with van der Waals surface area (Å²) in [4.78, 5) is 8.26. The van der Waals surface area contributed by atoms with E-state index in [-0.39, 0.29) is 13.1 Å². The lowest BCUT2D eigenvalue weighted by molar-refractivity contribution is 0.170. The van der Waals surface area contributed by atoms with E-state index < -0.39 is 0 Å². The molecule has 1 aromatic heterocycles. The molecule has 126 valence electrons. The molecule has 1 aliphatic rings. The van der Waals surface area contributed by atoms with E-state index in [0.717, 1.165) is 31.9 Å². The minimum absolute atomic E-state index is 0.287. The molecule has 23 heavy (non-hydrogen) atoms. The minimum Gasteiger partial charge on any atom is -0.387 e. The molecule has 0 saturated carbocycles. The fraction of sp³-hybridized carbons (Fsp3) is 0.533. The second-order valence-corrected chi connectivity index (χ2v) is 5.43. The van der Waals surface area contributed by atoms with Crippen molar-refractivity contribution in [1.82, 2.24) is 20.0 Å². The van der Waals surface area contributed by atoms with Gasteiger partial charge in [-0.2, -0.15) is 5.10 Å². The van der Waals surface area contributed by atoms with E-state index in [0.29, 0.717) is 24.0 Å². The predicted octanol–water partition coefficient (Wildman–Crippen LogP) is 1.39. The Morgan fingerprint density at radius 2 is 2.22 bits per heavy atom. The number of nitrogens with zero attached hydrogens (tertiary/aromatic N) is 4. The van der Waals surface area contributed by atoms with E-state index in [1.165, 1.54) is 0 Å². The number of alkyl halides is 1. The van der Waals surface area contributed by atoms with Crippen LogP contribution in [0.5, 0.6) is 0 Å². The third-order valence-corrected chi connectivity index (χ3v) is 3.69. The Bertz CT molecular complexity index is 570. The number of hydrogen-bond acceptors (Lipinski definition) is 4. The second kappa shape index (κ2) is 8.42. The molecule has 0 radical (unpaired) electrons. The quantitative estimate of drug-likeness (QED) is 0.545. The van der Waals surface area contributed by atoms with Crippen LogP contribution in [0, 0.1) is 5.41 Å². The maximum absolute atomic E-state index is 12.3. The number of rotatable bonds is 6. The number of aliphatic imine (C=N–C) groups is 1. The van der Waals surface area contributed by atoms with Gasteiger partial charge in [0.25, 0.3) is 0 Å². The highest BCUT2D eigenvalue weighted by Crippen LogP contribution is 2.11. The van der Waals surface area contributed by atoms with Gasteiger partial charge in [0.15, 0.2) is 5.82 Å². The van der Waals surface area contributed by atoms with Gasteiger partial charge in [-0.1, -0.05) is 6.08 Å². The maximum Gasteiger partial charge on any atom is 0.175 e. The Morgan fingerprint density at radius 3 is 2.87 bits per heavy atom. The van der Waals surface area contributed by atoms with Gasteiger partial charge >= 0.3 is 0 Å². The Morgan fingerprint density at radius 1 is 1.48 bits per heavy atom. The average Bonchev–Trinajstić information content (AvgIpc) is 2.95. The van der Waals surface area contributed by atoms with Crippen molar-refractivity contribution in [2.75, 3.05) is 39.4 Å². The molecule has 0 aromatic carbocycles. The van der Waals surface area contributed by atoms with E-state index >= 15 is 0 Å². The standard InChI is InChI=1S/C15H24FN7/c1-2-3-12-10-15(21-20-12)19-13(17)11-14(18)23-8-6-22(5-4-16)7-9-23/h2-3,10,18H,4-9,11H2,1H3,(H3,17,19,20,21)/b3-2+,18-14?. The van der Waals surface area contributed by atoms with Crippen LogP contribution >= 0.6 is 0 Å². The summed E-state index contributed by atoms with van der Waals surface area (Å²) >= 11 is 0. The van der Waals surface area contributed by atoms with Crippen LogP contribution in [0.2, 0.25) is 0 Å². The summed E-state index contributed by atoms with van der Waals surface area (Å²) in [7, 11) is 0. The Labute approximate surface area is 135 Å². The lowest BCUT2D eigenvalue weighted by atomic mass is 10.2. The van der Waals surface area contributed by atoms with Crippen molar-refractivity contribution in [2.45, 2.75) is 13.3 Å². The highest BCUT2D eigenvalue weighted by molar-refractivity contribution is 6.01. The number of halogens is 1. The number of aromatic amines is 1. The summed E-state index contributed by atoms with van der Waals surface area (Å²) in [6, 6.07) is 1.80. The highest BCUT2D eigenvalue weighted by Gasteiger charge is 2.19. The molecule has 8 heteroatoms. The Hall–Kier alpha value is -2.22. The third-order valence-electron chi connectivity index (χ3n) is 3.69. The number of amidine groups is 2. The zero-order chi connectivity index (χ0) is 16.7. The number of nitrogens with two attached hydrogens (primary N) is 1. The maximum atomic E-state index is 12.3. The van der Waals surface area contributed by atoms with Crippen molar-refractivity contribution in [3.63, 3.8) is 0 Å². The molecule has 2 rings (SSSR count). The number of aromatic nitrogens is 2. The summed E-state index contributed by atoms with van der Waals surface area (Å²) in [5.74, 6) is 1.31. The van der Waals surface area contributed by atoms with Crippen LogP contribution in [-0.2, 0) is 0 Å². The van der Waals surface area contributed by atoms with E-state index in [4.69, 9.17) is 11.1 Å². The van der Waals surface area contributed by atoms with Crippen LogP contribution in [0.4, 0.5) is 10.2 Å². The Balaban J connectivity index is 1.85. The summed E-state index contributed by atoms with van der Waals surface area (Å²) in [6.45, 7) is 5.06. The van der Waals surface area contributed by atoms with Gasteiger partial charge in [-0.25, -0.2) is 9.38 Å². The molecule has 0 atom stereocenters. The molecule has 0 aliphatic carbocycles. The third kappa shape index (κ3) is 5.17. The molecule has 1 aromatic rings. The van der Waals surface area contributed by atoms with Crippen LogP contribution in [0.15, 0.2) is 17.1 Å². The molecule has 4 N–H and O–H groups in total. The predicted molar refractivity (Wildman–Crippen MR) is 90.9 cm³/mol. The SMILES string of the molecule is C/C=C/c1cc(N=C(N)CC(=N)N2CCN(CCF)CC2)n[nH]1. The summed E-state index contributed by atoms with van der Waals surface area (Å²) < 4.78 is 12.3. The molecular formula is C15H24FN7. The van der Waals surface area contributed by atoms with Crippen LogP contribution < -0.4 is 5.73 Å². The van der Waals surface area contributed by atoms with Crippen LogP contribution in [0.3, 0.4) is 0 Å². The lowest BCUT2D eigenvalue weighted by Gasteiger charge is -2.35. The number of allylic oxidation sites excluding steroid dienone is 1. The van der Waals surface area contributed by atoms with E-state index in [1.807, 2.05) is 24.0 Å². The van der Waals surface area contributed by atoms with Gasteiger partial charge in [0, 0.05) is 38.8 Å². The molecule has 0 bridgehead atoms. The van der Waals surface area contributed by atoms with Gasteiger partial charge in [-0.15, -0.1) is 0 Å². The first-order valence-corrected chi connectivity index (χ1v) is 7.74. The van der Waals surface area contributed by atoms with Gasteiger partial charge in [0.1, 0.15) is 18.3 Å². The normalized spacial score (nSPS) is 17.1. The van der Waals surface area contributed by atoms with Gasteiger partial charge in [-0.3, -0.25) is 15.4 Å². The van der Waals surface area contributed by atoms with E-state index in [9.17, 15) is 4.39 Å². The van der Waals surface area contributed by atoms with Crippen molar-refractivity contribution in [3.8, 4) is 0 Å². The first-order chi connectivity index (χ1) is 11.1. The molecular weight excluding hydrogens is 297 g/mol. The van der Waals surface area contributed by atoms with Crippen molar-refractivity contribution in [2.24, 2.45) is 10.7 Å². The van der Waals surface area contributed by atoms with Gasteiger partial charge in [-0.05, 0) is 13.0 Å². The molecule has 2 heterocycles. The first kappa shape index (κ1) is 17.1. The lowest BCUT2D eigenvalue weighted by Crippen LogP contribution is -2.49. The highest BCUT2D eigenvalue weighted by atomic mass is 19.1. The summed E-state index contributed by atoms with van der Waals surface area (Å²) in [5.41, 5.74) is 6.78. The van der Waals surface area contributed by atoms with Crippen LogP contribution in [-0.4, -0.2) is 71.1 Å². The molecule has 1 aliphatic heterocycles. The number of H-pyrrole nitrogens is 1. The van der Waals surface area contributed by atoms with E-state index in [2.05, 4.69) is 20.1 Å². The van der Waals surface area contributed by atoms with Crippen LogP contribution in [0.25, 0.3) is 6.08 Å². The largest absolute Gasteiger partial charge is 0.387 e. The topological polar surface area (TPSA) is 97.4 Å². The fourth-order valence-corrected chi connectivity index (χ4v) is 2.48. The van der Waals surface area contributed by atoms with Gasteiger partial charge in [0.2, 0.25) is 0 Å². The zero-order valence-corrected chi connectivity index (χ0v) is 13.4. The van der Waals surface area contributed by atoms with Crippen molar-refractivity contribution < 1.29 is 4.39 Å². The number of piperazine rings is 1. The van der Waals surface area contributed by atoms with Gasteiger partial charge < -0.3 is 10.6 Å². The fourth-order valence-electron chi connectivity index (χ4n) is 2.48. The van der Waals surface area contributed by atoms with Crippen LogP contribution in [0.1, 0.15) is 19.0 Å². The smallest absolute Gasteiger partial charge is 0.175 e. The first-order valence-electron chi connectivity index (χ1n) is 7.74. The monoisotopic (exact) mass is 321 g/mol. The van der Waals surface area contributed by atoms with Crippen molar-refractivity contribution >= 4 is 23.6 Å². The van der Waals surface area contributed by atoms with Crippen molar-refractivity contribution in [1.29, 1.82) is 5.41 Å². The summed E-state index contributed by atoms with van der Waals surface area (Å²) in [6.07, 6.45) is 4.08. The van der Waals surface area contributed by atoms with E-state index in [1.54, 1.807) is 6.07 Å². The molecule has 1 saturated heterocycles. The number of hydrogen-bond donors (Lipinski definition) is 3. The molecule has 7 nitrogen and oxygen atoms in total. The average molecular weight is 321 g/mol. The molecule has 1 fully saturated rings. The van der Waals surface area contributed by atoms with Gasteiger partial charge in [0.05, 0.1) is 12.1 Å². The molecule has 0 spiro atoms. The minimum atomic E-state index is -0.323. The molecule has 0 amide bonds. The zero-order valence-electron chi connectivity index (χ0n) is 13.4. The van der Waals surface area contributed by atoms with Crippen molar-refractivity contribution in [3.05, 3.63) is 17.8 Å². The summed E-state index contributed by atoms with van der Waals surface area (Å²) in [5, 5.41) is 15.1. The molecule has 0 unspecified atom stereocenters. The number of nitrogens with one attached hydrogen (secondary N) is 2.